The van der Waals surface area contributed by atoms with Gasteiger partial charge in [0, 0.05) is 18.4 Å². The fourth-order valence-electron chi connectivity index (χ4n) is 1.66. The standard InChI is InChI=1S/C14H10F3N3/c15-14(16,17)11-2-1-3-12(7-11)20-9-10-4-5-19-13(6-10)8-18/h1-7,20H,9H2. The smallest absolute Gasteiger partial charge is 0.381 e. The van der Waals surface area contributed by atoms with Gasteiger partial charge in [0.1, 0.15) is 11.8 Å². The van der Waals surface area contributed by atoms with E-state index in [2.05, 4.69) is 10.3 Å². The van der Waals surface area contributed by atoms with Crippen molar-refractivity contribution in [1.82, 2.24) is 4.98 Å². The number of alkyl halides is 3. The Labute approximate surface area is 113 Å². The molecule has 0 spiro atoms. The van der Waals surface area contributed by atoms with Gasteiger partial charge >= 0.3 is 6.18 Å². The molecule has 0 aliphatic carbocycles. The van der Waals surface area contributed by atoms with E-state index in [0.29, 0.717) is 12.2 Å². The summed E-state index contributed by atoms with van der Waals surface area (Å²) in [5.41, 5.74) is 0.715. The van der Waals surface area contributed by atoms with E-state index in [1.807, 2.05) is 6.07 Å². The number of hydrogen-bond acceptors (Lipinski definition) is 3. The van der Waals surface area contributed by atoms with Crippen LogP contribution in [0, 0.1) is 11.3 Å². The molecule has 3 nitrogen and oxygen atoms in total. The highest BCUT2D eigenvalue weighted by Gasteiger charge is 2.30. The van der Waals surface area contributed by atoms with E-state index in [9.17, 15) is 13.2 Å². The lowest BCUT2D eigenvalue weighted by atomic mass is 10.2. The van der Waals surface area contributed by atoms with Crippen LogP contribution >= 0.6 is 0 Å². The second-order valence-electron chi connectivity index (χ2n) is 4.09. The van der Waals surface area contributed by atoms with Crippen molar-refractivity contribution < 1.29 is 13.2 Å². The van der Waals surface area contributed by atoms with Gasteiger partial charge in [-0.1, -0.05) is 6.07 Å². The Balaban J connectivity index is 2.09. The number of aromatic nitrogens is 1. The molecule has 0 saturated heterocycles. The molecule has 0 bridgehead atoms. The monoisotopic (exact) mass is 277 g/mol. The quantitative estimate of drug-likeness (QED) is 0.932. The van der Waals surface area contributed by atoms with Crippen LogP contribution in [-0.2, 0) is 12.7 Å². The van der Waals surface area contributed by atoms with Crippen molar-refractivity contribution in [1.29, 1.82) is 5.26 Å². The van der Waals surface area contributed by atoms with Crippen LogP contribution in [-0.4, -0.2) is 4.98 Å². The third-order valence-electron chi connectivity index (χ3n) is 2.63. The largest absolute Gasteiger partial charge is 0.416 e. The number of pyridine rings is 1. The first-order chi connectivity index (χ1) is 9.49. The van der Waals surface area contributed by atoms with E-state index in [0.717, 1.165) is 17.7 Å². The van der Waals surface area contributed by atoms with Gasteiger partial charge in [-0.2, -0.15) is 18.4 Å². The minimum atomic E-state index is -4.36. The van der Waals surface area contributed by atoms with Crippen molar-refractivity contribution in [3.63, 3.8) is 0 Å². The van der Waals surface area contributed by atoms with E-state index in [4.69, 9.17) is 5.26 Å². The number of nitriles is 1. The van der Waals surface area contributed by atoms with Crippen LogP contribution in [0.3, 0.4) is 0 Å². The number of nitrogens with zero attached hydrogens (tertiary/aromatic N) is 2. The minimum absolute atomic E-state index is 0.272. The average Bonchev–Trinajstić information content (AvgIpc) is 2.45. The molecule has 2 rings (SSSR count). The summed E-state index contributed by atoms with van der Waals surface area (Å²) in [6.07, 6.45) is -2.87. The molecule has 0 fully saturated rings. The third-order valence-corrected chi connectivity index (χ3v) is 2.63. The molecule has 1 aromatic carbocycles. The number of halogens is 3. The predicted molar refractivity (Wildman–Crippen MR) is 67.7 cm³/mol. The van der Waals surface area contributed by atoms with Crippen LogP contribution in [0.15, 0.2) is 42.6 Å². The lowest BCUT2D eigenvalue weighted by molar-refractivity contribution is -0.137. The van der Waals surface area contributed by atoms with Gasteiger partial charge in [0.05, 0.1) is 5.56 Å². The summed E-state index contributed by atoms with van der Waals surface area (Å²) >= 11 is 0. The predicted octanol–water partition coefficient (Wildman–Crippen LogP) is 3.58. The summed E-state index contributed by atoms with van der Waals surface area (Å²) in [6, 6.07) is 10.2. The molecule has 0 amide bonds. The van der Waals surface area contributed by atoms with Crippen molar-refractivity contribution in [2.45, 2.75) is 12.7 Å². The second-order valence-corrected chi connectivity index (χ2v) is 4.09. The molecule has 0 aliphatic rings. The van der Waals surface area contributed by atoms with Crippen molar-refractivity contribution in [3.05, 3.63) is 59.4 Å². The molecular weight excluding hydrogens is 267 g/mol. The summed E-state index contributed by atoms with van der Waals surface area (Å²) in [7, 11) is 0. The van der Waals surface area contributed by atoms with Gasteiger partial charge in [0.2, 0.25) is 0 Å². The van der Waals surface area contributed by atoms with Crippen molar-refractivity contribution in [2.75, 3.05) is 5.32 Å². The maximum absolute atomic E-state index is 12.6. The van der Waals surface area contributed by atoms with Gasteiger partial charge in [0.25, 0.3) is 0 Å². The molecule has 20 heavy (non-hydrogen) atoms. The molecule has 102 valence electrons. The maximum atomic E-state index is 12.6. The molecular formula is C14H10F3N3. The highest BCUT2D eigenvalue weighted by atomic mass is 19.4. The van der Waals surface area contributed by atoms with Crippen LogP contribution < -0.4 is 5.32 Å². The Morgan fingerprint density at radius 3 is 2.70 bits per heavy atom. The summed E-state index contributed by atoms with van der Waals surface area (Å²) in [4.78, 5) is 3.82. The zero-order valence-electron chi connectivity index (χ0n) is 10.3. The van der Waals surface area contributed by atoms with Crippen molar-refractivity contribution in [2.24, 2.45) is 0 Å². The Bertz CT molecular complexity index is 645. The van der Waals surface area contributed by atoms with E-state index in [1.165, 1.54) is 12.3 Å². The summed E-state index contributed by atoms with van der Waals surface area (Å²) in [5, 5.41) is 11.6. The van der Waals surface area contributed by atoms with E-state index >= 15 is 0 Å². The molecule has 1 aromatic heterocycles. The van der Waals surface area contributed by atoms with Crippen LogP contribution in [0.1, 0.15) is 16.8 Å². The molecule has 1 N–H and O–H groups in total. The highest BCUT2D eigenvalue weighted by molar-refractivity contribution is 5.47. The molecule has 0 atom stereocenters. The topological polar surface area (TPSA) is 48.7 Å². The van der Waals surface area contributed by atoms with Gasteiger partial charge in [-0.25, -0.2) is 4.98 Å². The number of anilines is 1. The fraction of sp³-hybridized carbons (Fsp3) is 0.143. The number of rotatable bonds is 3. The Kier molecular flexibility index (Phi) is 3.89. The van der Waals surface area contributed by atoms with Crippen molar-refractivity contribution in [3.8, 4) is 6.07 Å². The normalized spacial score (nSPS) is 10.9. The van der Waals surface area contributed by atoms with Crippen molar-refractivity contribution >= 4 is 5.69 Å². The van der Waals surface area contributed by atoms with Crippen LogP contribution in [0.5, 0.6) is 0 Å². The molecule has 1 heterocycles. The molecule has 0 unspecified atom stereocenters. The summed E-state index contributed by atoms with van der Waals surface area (Å²) in [5.74, 6) is 0. The summed E-state index contributed by atoms with van der Waals surface area (Å²) < 4.78 is 37.7. The molecule has 2 aromatic rings. The average molecular weight is 277 g/mol. The first-order valence-corrected chi connectivity index (χ1v) is 5.75. The first kappa shape index (κ1) is 13.9. The summed E-state index contributed by atoms with van der Waals surface area (Å²) in [6.45, 7) is 0.318. The highest BCUT2D eigenvalue weighted by Crippen LogP contribution is 2.30. The minimum Gasteiger partial charge on any atom is -0.381 e. The number of benzene rings is 1. The van der Waals surface area contributed by atoms with E-state index in [-0.39, 0.29) is 5.69 Å². The lowest BCUT2D eigenvalue weighted by Crippen LogP contribution is -2.06. The number of nitrogens with one attached hydrogen (secondary N) is 1. The third kappa shape index (κ3) is 3.48. The number of hydrogen-bond donors (Lipinski definition) is 1. The Morgan fingerprint density at radius 1 is 1.20 bits per heavy atom. The van der Waals surface area contributed by atoms with Crippen LogP contribution in [0.2, 0.25) is 0 Å². The van der Waals surface area contributed by atoms with Gasteiger partial charge in [-0.15, -0.1) is 0 Å². The molecule has 6 heteroatoms. The molecule has 0 radical (unpaired) electrons. The Morgan fingerprint density at radius 2 is 2.00 bits per heavy atom. The zero-order valence-corrected chi connectivity index (χ0v) is 10.3. The lowest BCUT2D eigenvalue weighted by Gasteiger charge is -2.10. The van der Waals surface area contributed by atoms with Crippen LogP contribution in [0.4, 0.5) is 18.9 Å². The van der Waals surface area contributed by atoms with Gasteiger partial charge in [0.15, 0.2) is 0 Å². The van der Waals surface area contributed by atoms with E-state index < -0.39 is 11.7 Å². The second kappa shape index (κ2) is 5.61. The SMILES string of the molecule is N#Cc1cc(CNc2cccc(C(F)(F)F)c2)ccn1. The van der Waals surface area contributed by atoms with Gasteiger partial charge in [-0.05, 0) is 35.9 Å². The first-order valence-electron chi connectivity index (χ1n) is 5.75. The molecule has 0 aliphatic heterocycles. The zero-order chi connectivity index (χ0) is 14.6. The Hall–Kier alpha value is -2.55. The maximum Gasteiger partial charge on any atom is 0.416 e. The van der Waals surface area contributed by atoms with Gasteiger partial charge in [-0.3, -0.25) is 0 Å². The fourth-order valence-corrected chi connectivity index (χ4v) is 1.66. The van der Waals surface area contributed by atoms with Gasteiger partial charge < -0.3 is 5.32 Å². The molecule has 0 saturated carbocycles. The van der Waals surface area contributed by atoms with Crippen LogP contribution in [0.25, 0.3) is 0 Å². The van der Waals surface area contributed by atoms with E-state index in [1.54, 1.807) is 18.2 Å².